The minimum Gasteiger partial charge on any atom is -0.480 e. The van der Waals surface area contributed by atoms with Crippen molar-refractivity contribution in [3.63, 3.8) is 0 Å². The molecule has 1 atom stereocenters. The first-order valence-corrected chi connectivity index (χ1v) is 4.13. The van der Waals surface area contributed by atoms with Crippen LogP contribution in [-0.4, -0.2) is 30.7 Å². The SMILES string of the molecule is CN[C@H](CCCCN=[N+]=[N-])C(=O)O. The Morgan fingerprint density at radius 3 is 2.85 bits per heavy atom. The molecule has 0 saturated heterocycles. The molecule has 6 nitrogen and oxygen atoms in total. The maximum atomic E-state index is 10.5. The van der Waals surface area contributed by atoms with Crippen molar-refractivity contribution in [2.75, 3.05) is 13.6 Å². The van der Waals surface area contributed by atoms with Crippen molar-refractivity contribution in [2.45, 2.75) is 25.3 Å². The van der Waals surface area contributed by atoms with Gasteiger partial charge in [0, 0.05) is 11.5 Å². The Labute approximate surface area is 76.6 Å². The van der Waals surface area contributed by atoms with Crippen molar-refractivity contribution < 1.29 is 9.90 Å². The third-order valence-corrected chi connectivity index (χ3v) is 1.71. The van der Waals surface area contributed by atoms with Crippen LogP contribution in [0, 0.1) is 0 Å². The molecule has 6 heteroatoms. The lowest BCUT2D eigenvalue weighted by atomic mass is 10.1. The van der Waals surface area contributed by atoms with E-state index in [1.807, 2.05) is 0 Å². The predicted molar refractivity (Wildman–Crippen MR) is 48.3 cm³/mol. The number of likely N-dealkylation sites (N-methyl/N-ethyl adjacent to an activating group) is 1. The summed E-state index contributed by atoms with van der Waals surface area (Å²) < 4.78 is 0. The van der Waals surface area contributed by atoms with Crippen molar-refractivity contribution >= 4 is 5.97 Å². The molecule has 0 spiro atoms. The van der Waals surface area contributed by atoms with E-state index in [4.69, 9.17) is 10.6 Å². The largest absolute Gasteiger partial charge is 0.480 e. The Hall–Kier alpha value is -1.26. The molecule has 0 rings (SSSR count). The third-order valence-electron chi connectivity index (χ3n) is 1.71. The van der Waals surface area contributed by atoms with Crippen LogP contribution in [0.15, 0.2) is 5.11 Å². The number of aliphatic carboxylic acids is 1. The predicted octanol–water partition coefficient (Wildman–Crippen LogP) is 1.14. The van der Waals surface area contributed by atoms with Crippen LogP contribution >= 0.6 is 0 Å². The average molecular weight is 186 g/mol. The van der Waals surface area contributed by atoms with E-state index in [1.54, 1.807) is 7.05 Å². The van der Waals surface area contributed by atoms with Gasteiger partial charge < -0.3 is 10.4 Å². The molecule has 0 heterocycles. The molecule has 0 amide bonds. The van der Waals surface area contributed by atoms with Gasteiger partial charge in [-0.15, -0.1) is 0 Å². The van der Waals surface area contributed by atoms with Crippen LogP contribution in [-0.2, 0) is 4.79 Å². The lowest BCUT2D eigenvalue weighted by Gasteiger charge is -2.09. The fourth-order valence-electron chi connectivity index (χ4n) is 0.967. The van der Waals surface area contributed by atoms with Crippen LogP contribution in [0.1, 0.15) is 19.3 Å². The van der Waals surface area contributed by atoms with Crippen molar-refractivity contribution in [1.82, 2.24) is 5.32 Å². The zero-order valence-electron chi connectivity index (χ0n) is 7.60. The Morgan fingerprint density at radius 2 is 2.38 bits per heavy atom. The molecule has 0 unspecified atom stereocenters. The highest BCUT2D eigenvalue weighted by molar-refractivity contribution is 5.73. The lowest BCUT2D eigenvalue weighted by Crippen LogP contribution is -2.33. The van der Waals surface area contributed by atoms with E-state index in [0.29, 0.717) is 13.0 Å². The van der Waals surface area contributed by atoms with Gasteiger partial charge >= 0.3 is 5.97 Å². The summed E-state index contributed by atoms with van der Waals surface area (Å²) in [6.45, 7) is 0.437. The first kappa shape index (κ1) is 11.7. The number of carboxylic acids is 1. The topological polar surface area (TPSA) is 98.1 Å². The fraction of sp³-hybridized carbons (Fsp3) is 0.857. The molecule has 2 N–H and O–H groups in total. The standard InChI is InChI=1S/C7H14N4O2/c1-9-6(7(12)13)4-2-3-5-10-11-8/h6,9H,2-5H2,1H3,(H,12,13)/t6-/m1/s1. The second kappa shape index (κ2) is 7.39. The van der Waals surface area contributed by atoms with Gasteiger partial charge in [0.1, 0.15) is 6.04 Å². The summed E-state index contributed by atoms with van der Waals surface area (Å²) in [5.74, 6) is -0.841. The molecule has 0 aromatic carbocycles. The molecular formula is C7H14N4O2. The maximum absolute atomic E-state index is 10.5. The Bertz CT molecular complexity index is 201. The number of nitrogens with one attached hydrogen (secondary N) is 1. The normalized spacial score (nSPS) is 11.8. The first-order valence-electron chi connectivity index (χ1n) is 4.13. The number of unbranched alkanes of at least 4 members (excludes halogenated alkanes) is 1. The van der Waals surface area contributed by atoms with E-state index < -0.39 is 12.0 Å². The smallest absolute Gasteiger partial charge is 0.320 e. The van der Waals surface area contributed by atoms with Crippen molar-refractivity contribution in [3.05, 3.63) is 10.4 Å². The van der Waals surface area contributed by atoms with Crippen molar-refractivity contribution in [1.29, 1.82) is 0 Å². The molecule has 0 aliphatic rings. The Balaban J connectivity index is 3.49. The molecule has 0 radical (unpaired) electrons. The van der Waals surface area contributed by atoms with Gasteiger partial charge in [-0.1, -0.05) is 11.5 Å². The molecular weight excluding hydrogens is 172 g/mol. The summed E-state index contributed by atoms with van der Waals surface area (Å²) in [5, 5.41) is 14.7. The number of carboxylic acid groups (broad SMARTS) is 1. The van der Waals surface area contributed by atoms with E-state index >= 15 is 0 Å². The van der Waals surface area contributed by atoms with Gasteiger partial charge in [-0.2, -0.15) is 0 Å². The average Bonchev–Trinajstić information content (AvgIpc) is 2.10. The summed E-state index contributed by atoms with van der Waals surface area (Å²) in [5.41, 5.74) is 7.96. The molecule has 0 fully saturated rings. The van der Waals surface area contributed by atoms with Gasteiger partial charge in [0.2, 0.25) is 0 Å². The highest BCUT2D eigenvalue weighted by Gasteiger charge is 2.12. The molecule has 74 valence electrons. The van der Waals surface area contributed by atoms with Crippen molar-refractivity contribution in [2.24, 2.45) is 5.11 Å². The summed E-state index contributed by atoms with van der Waals surface area (Å²) >= 11 is 0. The number of carbonyl (C=O) groups is 1. The van der Waals surface area contributed by atoms with Crippen LogP contribution in [0.2, 0.25) is 0 Å². The number of nitrogens with zero attached hydrogens (tertiary/aromatic N) is 3. The zero-order chi connectivity index (χ0) is 10.1. The van der Waals surface area contributed by atoms with Gasteiger partial charge in [-0.05, 0) is 25.4 Å². The van der Waals surface area contributed by atoms with Crippen LogP contribution < -0.4 is 5.32 Å². The Morgan fingerprint density at radius 1 is 1.69 bits per heavy atom. The third kappa shape index (κ3) is 5.95. The lowest BCUT2D eigenvalue weighted by molar-refractivity contribution is -0.139. The summed E-state index contributed by atoms with van der Waals surface area (Å²) in [6, 6.07) is -0.494. The zero-order valence-corrected chi connectivity index (χ0v) is 7.60. The van der Waals surface area contributed by atoms with Crippen LogP contribution in [0.4, 0.5) is 0 Å². The minimum absolute atomic E-state index is 0.437. The molecule has 0 aromatic heterocycles. The number of rotatable bonds is 7. The minimum atomic E-state index is -0.841. The maximum Gasteiger partial charge on any atom is 0.320 e. The monoisotopic (exact) mass is 186 g/mol. The van der Waals surface area contributed by atoms with Gasteiger partial charge in [0.05, 0.1) is 0 Å². The van der Waals surface area contributed by atoms with Gasteiger partial charge in [0.15, 0.2) is 0 Å². The van der Waals surface area contributed by atoms with Crippen molar-refractivity contribution in [3.8, 4) is 0 Å². The summed E-state index contributed by atoms with van der Waals surface area (Å²) in [6.07, 6.45) is 2.04. The highest BCUT2D eigenvalue weighted by atomic mass is 16.4. The highest BCUT2D eigenvalue weighted by Crippen LogP contribution is 2.01. The molecule has 0 aliphatic heterocycles. The number of hydrogen-bond acceptors (Lipinski definition) is 3. The molecule has 0 aliphatic carbocycles. The quantitative estimate of drug-likeness (QED) is 0.270. The van der Waals surface area contributed by atoms with E-state index in [1.165, 1.54) is 0 Å². The fourth-order valence-corrected chi connectivity index (χ4v) is 0.967. The van der Waals surface area contributed by atoms with Gasteiger partial charge in [0.25, 0.3) is 0 Å². The van der Waals surface area contributed by atoms with E-state index in [9.17, 15) is 4.79 Å². The summed E-state index contributed by atoms with van der Waals surface area (Å²) in [7, 11) is 1.62. The first-order chi connectivity index (χ1) is 6.22. The Kier molecular flexibility index (Phi) is 6.68. The van der Waals surface area contributed by atoms with Crippen LogP contribution in [0.3, 0.4) is 0 Å². The van der Waals surface area contributed by atoms with E-state index in [0.717, 1.165) is 12.8 Å². The van der Waals surface area contributed by atoms with Crippen LogP contribution in [0.25, 0.3) is 10.4 Å². The molecule has 0 aromatic rings. The van der Waals surface area contributed by atoms with E-state index in [2.05, 4.69) is 15.3 Å². The molecule has 0 saturated carbocycles. The second-order valence-corrected chi connectivity index (χ2v) is 2.63. The number of azide groups is 1. The van der Waals surface area contributed by atoms with Gasteiger partial charge in [-0.25, -0.2) is 0 Å². The summed E-state index contributed by atoms with van der Waals surface area (Å²) in [4.78, 5) is 13.1. The molecule has 13 heavy (non-hydrogen) atoms. The van der Waals surface area contributed by atoms with E-state index in [-0.39, 0.29) is 0 Å². The second-order valence-electron chi connectivity index (χ2n) is 2.63. The molecule has 0 bridgehead atoms. The number of hydrogen-bond donors (Lipinski definition) is 2. The van der Waals surface area contributed by atoms with Gasteiger partial charge in [-0.3, -0.25) is 4.79 Å². The van der Waals surface area contributed by atoms with Crippen LogP contribution in [0.5, 0.6) is 0 Å².